The molecule has 0 aromatic rings. The van der Waals surface area contributed by atoms with Crippen LogP contribution < -0.4 is 0 Å². The second-order valence-corrected chi connectivity index (χ2v) is 5.03. The fraction of sp³-hybridized carbons (Fsp3) is 0.714. The number of ether oxygens (including phenoxy) is 2. The van der Waals surface area contributed by atoms with Gasteiger partial charge in [0.2, 0.25) is 0 Å². The third kappa shape index (κ3) is 2.80. The third-order valence-electron chi connectivity index (χ3n) is 3.61. The highest BCUT2D eigenvalue weighted by molar-refractivity contribution is 5.80. The van der Waals surface area contributed by atoms with E-state index in [4.69, 9.17) is 9.47 Å². The molecule has 2 fully saturated rings. The summed E-state index contributed by atoms with van der Waals surface area (Å²) in [6, 6.07) is 0. The SMILES string of the molecule is CCC/C(OC(C)=O)=C1/COC2CCC(=O)CC12. The smallest absolute Gasteiger partial charge is 0.307 e. The lowest BCUT2D eigenvalue weighted by Crippen LogP contribution is -2.27. The zero-order valence-corrected chi connectivity index (χ0v) is 11.0. The molecule has 2 rings (SSSR count). The van der Waals surface area contributed by atoms with E-state index >= 15 is 0 Å². The maximum absolute atomic E-state index is 11.6. The van der Waals surface area contributed by atoms with Crippen LogP contribution in [0, 0.1) is 5.92 Å². The van der Waals surface area contributed by atoms with Gasteiger partial charge < -0.3 is 9.47 Å². The van der Waals surface area contributed by atoms with Crippen molar-refractivity contribution < 1.29 is 19.1 Å². The first-order chi connectivity index (χ1) is 8.61. The third-order valence-corrected chi connectivity index (χ3v) is 3.61. The monoisotopic (exact) mass is 252 g/mol. The van der Waals surface area contributed by atoms with Crippen LogP contribution in [0.1, 0.15) is 46.0 Å². The molecule has 0 amide bonds. The average Bonchev–Trinajstić information content (AvgIpc) is 2.70. The van der Waals surface area contributed by atoms with Crippen molar-refractivity contribution in [2.24, 2.45) is 5.92 Å². The van der Waals surface area contributed by atoms with Gasteiger partial charge in [-0.2, -0.15) is 0 Å². The Kier molecular flexibility index (Phi) is 4.17. The summed E-state index contributed by atoms with van der Waals surface area (Å²) in [5, 5.41) is 0. The molecule has 100 valence electrons. The van der Waals surface area contributed by atoms with Gasteiger partial charge in [0.05, 0.1) is 12.7 Å². The zero-order valence-electron chi connectivity index (χ0n) is 11.0. The Morgan fingerprint density at radius 3 is 2.94 bits per heavy atom. The van der Waals surface area contributed by atoms with Crippen molar-refractivity contribution >= 4 is 11.8 Å². The van der Waals surface area contributed by atoms with E-state index in [1.54, 1.807) is 0 Å². The van der Waals surface area contributed by atoms with Crippen molar-refractivity contribution in [2.45, 2.75) is 52.1 Å². The summed E-state index contributed by atoms with van der Waals surface area (Å²) in [6.07, 6.45) is 3.74. The lowest BCUT2D eigenvalue weighted by atomic mass is 9.82. The molecule has 0 aromatic heterocycles. The highest BCUT2D eigenvalue weighted by Gasteiger charge is 2.39. The number of carbonyl (C=O) groups is 2. The largest absolute Gasteiger partial charge is 0.431 e. The molecule has 0 radical (unpaired) electrons. The van der Waals surface area contributed by atoms with Crippen LogP contribution in [0.5, 0.6) is 0 Å². The fourth-order valence-corrected chi connectivity index (χ4v) is 2.80. The van der Waals surface area contributed by atoms with Crippen LogP contribution in [0.15, 0.2) is 11.3 Å². The van der Waals surface area contributed by atoms with Crippen molar-refractivity contribution in [3.8, 4) is 0 Å². The average molecular weight is 252 g/mol. The van der Waals surface area contributed by atoms with E-state index < -0.39 is 0 Å². The zero-order chi connectivity index (χ0) is 13.1. The Morgan fingerprint density at radius 1 is 1.50 bits per heavy atom. The number of rotatable bonds is 3. The van der Waals surface area contributed by atoms with Crippen LogP contribution in [-0.2, 0) is 19.1 Å². The van der Waals surface area contributed by atoms with Crippen LogP contribution in [0.25, 0.3) is 0 Å². The molecule has 1 saturated heterocycles. The van der Waals surface area contributed by atoms with E-state index in [2.05, 4.69) is 0 Å². The Bertz CT molecular complexity index is 383. The first-order valence-electron chi connectivity index (χ1n) is 6.65. The van der Waals surface area contributed by atoms with E-state index in [1.807, 2.05) is 6.92 Å². The maximum Gasteiger partial charge on any atom is 0.307 e. The number of fused-ring (bicyclic) bond motifs is 1. The summed E-state index contributed by atoms with van der Waals surface area (Å²) in [5.41, 5.74) is 1.03. The van der Waals surface area contributed by atoms with Crippen LogP contribution in [-0.4, -0.2) is 24.5 Å². The number of hydrogen-bond acceptors (Lipinski definition) is 4. The molecule has 0 spiro atoms. The molecular formula is C14H20O4. The Morgan fingerprint density at radius 2 is 2.28 bits per heavy atom. The van der Waals surface area contributed by atoms with Crippen LogP contribution in [0.4, 0.5) is 0 Å². The molecule has 0 N–H and O–H groups in total. The van der Waals surface area contributed by atoms with Gasteiger partial charge in [0.25, 0.3) is 0 Å². The highest BCUT2D eigenvalue weighted by atomic mass is 16.5. The second kappa shape index (κ2) is 5.65. The van der Waals surface area contributed by atoms with Gasteiger partial charge in [-0.25, -0.2) is 0 Å². The van der Waals surface area contributed by atoms with Crippen LogP contribution in [0.2, 0.25) is 0 Å². The molecule has 1 heterocycles. The fourth-order valence-electron chi connectivity index (χ4n) is 2.80. The van der Waals surface area contributed by atoms with Gasteiger partial charge in [-0.3, -0.25) is 9.59 Å². The molecular weight excluding hydrogens is 232 g/mol. The van der Waals surface area contributed by atoms with Gasteiger partial charge in [0, 0.05) is 37.7 Å². The number of ketones is 1. The van der Waals surface area contributed by atoms with Gasteiger partial charge in [0.1, 0.15) is 11.5 Å². The Balaban J connectivity index is 2.22. The van der Waals surface area contributed by atoms with Crippen molar-refractivity contribution in [1.29, 1.82) is 0 Å². The minimum absolute atomic E-state index is 0.132. The predicted molar refractivity (Wildman–Crippen MR) is 65.8 cm³/mol. The van der Waals surface area contributed by atoms with Crippen molar-refractivity contribution in [3.63, 3.8) is 0 Å². The number of Topliss-reactive ketones (excluding diaryl/α,β-unsaturated/α-hetero) is 1. The van der Waals surface area contributed by atoms with Gasteiger partial charge in [-0.05, 0) is 12.8 Å². The first-order valence-corrected chi connectivity index (χ1v) is 6.65. The van der Waals surface area contributed by atoms with E-state index in [-0.39, 0.29) is 23.8 Å². The minimum atomic E-state index is -0.295. The summed E-state index contributed by atoms with van der Waals surface area (Å²) in [5.74, 6) is 0.855. The standard InChI is InChI=1S/C14H20O4/c1-3-4-14(18-9(2)15)12-8-17-13-6-5-10(16)7-11(12)13/h11,13H,3-8H2,1-2H3/b14-12+. The summed E-state index contributed by atoms with van der Waals surface area (Å²) >= 11 is 0. The van der Waals surface area contributed by atoms with E-state index in [0.717, 1.165) is 30.6 Å². The van der Waals surface area contributed by atoms with Gasteiger partial charge in [-0.15, -0.1) is 0 Å². The normalized spacial score (nSPS) is 30.0. The summed E-state index contributed by atoms with van der Waals surface area (Å²) in [7, 11) is 0. The maximum atomic E-state index is 11.6. The molecule has 2 aliphatic rings. The molecule has 0 aromatic carbocycles. The Labute approximate surface area is 107 Å². The molecule has 4 heteroatoms. The van der Waals surface area contributed by atoms with Crippen molar-refractivity contribution in [3.05, 3.63) is 11.3 Å². The van der Waals surface area contributed by atoms with Gasteiger partial charge in [-0.1, -0.05) is 6.92 Å². The van der Waals surface area contributed by atoms with Gasteiger partial charge >= 0.3 is 5.97 Å². The number of carbonyl (C=O) groups excluding carboxylic acids is 2. The molecule has 1 aliphatic carbocycles. The number of hydrogen-bond donors (Lipinski definition) is 0. The molecule has 18 heavy (non-hydrogen) atoms. The minimum Gasteiger partial charge on any atom is -0.431 e. The van der Waals surface area contributed by atoms with E-state index in [1.165, 1.54) is 6.92 Å². The summed E-state index contributed by atoms with van der Waals surface area (Å²) < 4.78 is 11.0. The lowest BCUT2D eigenvalue weighted by molar-refractivity contribution is -0.137. The molecule has 4 nitrogen and oxygen atoms in total. The lowest BCUT2D eigenvalue weighted by Gasteiger charge is -2.24. The van der Waals surface area contributed by atoms with Crippen molar-refractivity contribution in [2.75, 3.05) is 6.61 Å². The van der Waals surface area contributed by atoms with Crippen LogP contribution >= 0.6 is 0 Å². The predicted octanol–water partition coefficient (Wildman–Crippen LogP) is 2.37. The van der Waals surface area contributed by atoms with E-state index in [9.17, 15) is 9.59 Å². The molecule has 2 unspecified atom stereocenters. The number of allylic oxidation sites excluding steroid dienone is 1. The topological polar surface area (TPSA) is 52.6 Å². The van der Waals surface area contributed by atoms with Gasteiger partial charge in [0.15, 0.2) is 0 Å². The number of esters is 1. The molecule has 0 bridgehead atoms. The van der Waals surface area contributed by atoms with E-state index in [0.29, 0.717) is 19.4 Å². The van der Waals surface area contributed by atoms with Crippen LogP contribution in [0.3, 0.4) is 0 Å². The van der Waals surface area contributed by atoms with Crippen molar-refractivity contribution in [1.82, 2.24) is 0 Å². The summed E-state index contributed by atoms with van der Waals surface area (Å²) in [4.78, 5) is 22.7. The highest BCUT2D eigenvalue weighted by Crippen LogP contribution is 2.38. The molecule has 1 aliphatic heterocycles. The second-order valence-electron chi connectivity index (χ2n) is 5.03. The summed E-state index contributed by atoms with van der Waals surface area (Å²) in [6.45, 7) is 3.96. The molecule has 2 atom stereocenters. The Hall–Kier alpha value is -1.16. The quantitative estimate of drug-likeness (QED) is 0.571. The first kappa shape index (κ1) is 13.3. The molecule has 1 saturated carbocycles.